The van der Waals surface area contributed by atoms with Crippen molar-refractivity contribution in [3.63, 3.8) is 0 Å². The van der Waals surface area contributed by atoms with Crippen LogP contribution in [0.3, 0.4) is 0 Å². The standard InChI is InChI=1S/C9H7N5/c10-5-7-2-1-3-8(4-7)14-6-12-9(11)13-14/h1-4,6H,(H2,11,13). The third-order valence-corrected chi connectivity index (χ3v) is 1.75. The molecule has 14 heavy (non-hydrogen) atoms. The normalized spacial score (nSPS) is 9.64. The molecule has 0 atom stereocenters. The summed E-state index contributed by atoms with van der Waals surface area (Å²) in [6.07, 6.45) is 1.51. The Labute approximate surface area is 80.4 Å². The Balaban J connectivity index is 2.47. The van der Waals surface area contributed by atoms with E-state index in [2.05, 4.69) is 16.2 Å². The molecule has 0 saturated carbocycles. The van der Waals surface area contributed by atoms with Crippen molar-refractivity contribution in [3.05, 3.63) is 36.2 Å². The number of rotatable bonds is 1. The van der Waals surface area contributed by atoms with E-state index in [-0.39, 0.29) is 5.95 Å². The van der Waals surface area contributed by atoms with Gasteiger partial charge in [-0.05, 0) is 18.2 Å². The highest BCUT2D eigenvalue weighted by atomic mass is 15.4. The highest BCUT2D eigenvalue weighted by molar-refractivity contribution is 5.40. The number of hydrogen-bond donors (Lipinski definition) is 1. The van der Waals surface area contributed by atoms with Crippen LogP contribution in [0, 0.1) is 11.3 Å². The van der Waals surface area contributed by atoms with E-state index >= 15 is 0 Å². The molecule has 0 fully saturated rings. The molecule has 5 nitrogen and oxygen atoms in total. The van der Waals surface area contributed by atoms with Gasteiger partial charge in [0, 0.05) is 0 Å². The summed E-state index contributed by atoms with van der Waals surface area (Å²) < 4.78 is 1.52. The molecule has 1 heterocycles. The summed E-state index contributed by atoms with van der Waals surface area (Å²) in [6.45, 7) is 0. The Bertz CT molecular complexity index is 494. The van der Waals surface area contributed by atoms with Crippen LogP contribution in [0.1, 0.15) is 5.56 Å². The number of benzene rings is 1. The molecule has 5 heteroatoms. The minimum atomic E-state index is 0.215. The molecule has 1 aromatic carbocycles. The fourth-order valence-corrected chi connectivity index (χ4v) is 1.12. The minimum absolute atomic E-state index is 0.215. The lowest BCUT2D eigenvalue weighted by Gasteiger charge is -1.98. The maximum absolute atomic E-state index is 8.69. The van der Waals surface area contributed by atoms with Crippen molar-refractivity contribution in [3.8, 4) is 11.8 Å². The maximum atomic E-state index is 8.69. The van der Waals surface area contributed by atoms with E-state index in [1.807, 2.05) is 6.07 Å². The molecule has 0 aliphatic carbocycles. The Morgan fingerprint density at radius 1 is 1.43 bits per heavy atom. The molecule has 1 aromatic heterocycles. The van der Waals surface area contributed by atoms with Gasteiger partial charge >= 0.3 is 0 Å². The topological polar surface area (TPSA) is 80.5 Å². The Morgan fingerprint density at radius 3 is 2.93 bits per heavy atom. The van der Waals surface area contributed by atoms with Gasteiger partial charge in [-0.2, -0.15) is 5.26 Å². The van der Waals surface area contributed by atoms with Crippen molar-refractivity contribution in [2.75, 3.05) is 5.73 Å². The van der Waals surface area contributed by atoms with Gasteiger partial charge in [-0.25, -0.2) is 9.67 Å². The van der Waals surface area contributed by atoms with Crippen molar-refractivity contribution in [2.45, 2.75) is 0 Å². The minimum Gasteiger partial charge on any atom is -0.366 e. The predicted molar refractivity (Wildman–Crippen MR) is 50.5 cm³/mol. The second kappa shape index (κ2) is 3.18. The number of nitrogens with zero attached hydrogens (tertiary/aromatic N) is 4. The van der Waals surface area contributed by atoms with Crippen LogP contribution in [0.4, 0.5) is 5.95 Å². The van der Waals surface area contributed by atoms with E-state index in [4.69, 9.17) is 11.0 Å². The number of aromatic nitrogens is 3. The van der Waals surface area contributed by atoms with Crippen LogP contribution in [-0.4, -0.2) is 14.8 Å². The third-order valence-electron chi connectivity index (χ3n) is 1.75. The van der Waals surface area contributed by atoms with Crippen molar-refractivity contribution in [1.82, 2.24) is 14.8 Å². The summed E-state index contributed by atoms with van der Waals surface area (Å²) in [7, 11) is 0. The quantitative estimate of drug-likeness (QED) is 0.709. The highest BCUT2D eigenvalue weighted by Crippen LogP contribution is 2.08. The van der Waals surface area contributed by atoms with Gasteiger partial charge in [-0.15, -0.1) is 5.10 Å². The Morgan fingerprint density at radius 2 is 2.29 bits per heavy atom. The zero-order chi connectivity index (χ0) is 9.97. The average molecular weight is 185 g/mol. The molecule has 0 radical (unpaired) electrons. The first-order valence-corrected chi connectivity index (χ1v) is 3.97. The molecule has 0 bridgehead atoms. The van der Waals surface area contributed by atoms with Gasteiger partial charge in [0.25, 0.3) is 0 Å². The zero-order valence-corrected chi connectivity index (χ0v) is 7.25. The van der Waals surface area contributed by atoms with E-state index in [9.17, 15) is 0 Å². The van der Waals surface area contributed by atoms with Gasteiger partial charge in [-0.1, -0.05) is 6.07 Å². The van der Waals surface area contributed by atoms with Crippen LogP contribution in [0.2, 0.25) is 0 Å². The zero-order valence-electron chi connectivity index (χ0n) is 7.25. The fourth-order valence-electron chi connectivity index (χ4n) is 1.12. The van der Waals surface area contributed by atoms with Gasteiger partial charge in [0.15, 0.2) is 0 Å². The average Bonchev–Trinajstić information content (AvgIpc) is 2.65. The third kappa shape index (κ3) is 1.41. The molecule has 2 aromatic rings. The smallest absolute Gasteiger partial charge is 0.239 e. The first-order chi connectivity index (χ1) is 6.79. The van der Waals surface area contributed by atoms with Crippen molar-refractivity contribution in [1.29, 1.82) is 5.26 Å². The fraction of sp³-hybridized carbons (Fsp3) is 0. The predicted octanol–water partition coefficient (Wildman–Crippen LogP) is 0.721. The summed E-state index contributed by atoms with van der Waals surface area (Å²) in [4.78, 5) is 3.80. The number of nitrogen functional groups attached to an aromatic ring is 1. The summed E-state index contributed by atoms with van der Waals surface area (Å²) in [5, 5.41) is 12.6. The number of anilines is 1. The van der Waals surface area contributed by atoms with Gasteiger partial charge in [0.05, 0.1) is 17.3 Å². The molecule has 0 saturated heterocycles. The van der Waals surface area contributed by atoms with E-state index in [1.165, 1.54) is 11.0 Å². The van der Waals surface area contributed by atoms with Gasteiger partial charge in [0.2, 0.25) is 5.95 Å². The van der Waals surface area contributed by atoms with Gasteiger partial charge < -0.3 is 5.73 Å². The summed E-state index contributed by atoms with van der Waals surface area (Å²) in [5.74, 6) is 0.215. The second-order valence-corrected chi connectivity index (χ2v) is 2.71. The second-order valence-electron chi connectivity index (χ2n) is 2.71. The molecule has 68 valence electrons. The van der Waals surface area contributed by atoms with Crippen molar-refractivity contribution >= 4 is 5.95 Å². The molecule has 2 N–H and O–H groups in total. The lowest BCUT2D eigenvalue weighted by molar-refractivity contribution is 0.883. The Kier molecular flexibility index (Phi) is 1.88. The lowest BCUT2D eigenvalue weighted by Crippen LogP contribution is -1.96. The molecular weight excluding hydrogens is 178 g/mol. The van der Waals surface area contributed by atoms with Crippen LogP contribution >= 0.6 is 0 Å². The molecule has 2 rings (SSSR count). The van der Waals surface area contributed by atoms with Crippen LogP contribution in [-0.2, 0) is 0 Å². The Hall–Kier alpha value is -2.35. The number of nitriles is 1. The van der Waals surface area contributed by atoms with Crippen LogP contribution < -0.4 is 5.73 Å². The van der Waals surface area contributed by atoms with Crippen LogP contribution in [0.15, 0.2) is 30.6 Å². The SMILES string of the molecule is N#Cc1cccc(-n2cnc(N)n2)c1. The largest absolute Gasteiger partial charge is 0.366 e. The summed E-state index contributed by atoms with van der Waals surface area (Å²) >= 11 is 0. The van der Waals surface area contributed by atoms with Crippen molar-refractivity contribution < 1.29 is 0 Å². The lowest BCUT2D eigenvalue weighted by atomic mass is 10.2. The van der Waals surface area contributed by atoms with Crippen LogP contribution in [0.5, 0.6) is 0 Å². The molecule has 0 spiro atoms. The molecule has 0 aliphatic rings. The molecule has 0 amide bonds. The number of nitrogens with two attached hydrogens (primary N) is 1. The molecule has 0 unspecified atom stereocenters. The van der Waals surface area contributed by atoms with E-state index in [0.29, 0.717) is 5.56 Å². The molecular formula is C9H7N5. The van der Waals surface area contributed by atoms with E-state index < -0.39 is 0 Å². The molecule has 0 aliphatic heterocycles. The van der Waals surface area contributed by atoms with Crippen LogP contribution in [0.25, 0.3) is 5.69 Å². The first kappa shape index (κ1) is 8.26. The monoisotopic (exact) mass is 185 g/mol. The van der Waals surface area contributed by atoms with Gasteiger partial charge in [0.1, 0.15) is 6.33 Å². The van der Waals surface area contributed by atoms with Crippen molar-refractivity contribution in [2.24, 2.45) is 0 Å². The first-order valence-electron chi connectivity index (χ1n) is 3.97. The summed E-state index contributed by atoms with van der Waals surface area (Å²) in [6, 6.07) is 9.11. The highest BCUT2D eigenvalue weighted by Gasteiger charge is 1.99. The number of hydrogen-bond acceptors (Lipinski definition) is 4. The van der Waals surface area contributed by atoms with Gasteiger partial charge in [-0.3, -0.25) is 0 Å². The van der Waals surface area contributed by atoms with E-state index in [1.54, 1.807) is 18.2 Å². The maximum Gasteiger partial charge on any atom is 0.239 e. The summed E-state index contributed by atoms with van der Waals surface area (Å²) in [5.41, 5.74) is 6.73. The van der Waals surface area contributed by atoms with E-state index in [0.717, 1.165) is 5.69 Å².